The number of nitrogens with two attached hydrogens (primary N) is 1. The van der Waals surface area contributed by atoms with Gasteiger partial charge in [-0.2, -0.15) is 23.5 Å². The van der Waals surface area contributed by atoms with E-state index in [0.717, 1.165) is 11.1 Å². The highest BCUT2D eigenvalue weighted by atomic mass is 32.2. The average molecular weight is 1560 g/mol. The van der Waals surface area contributed by atoms with Crippen LogP contribution in [0.1, 0.15) is 123 Å². The van der Waals surface area contributed by atoms with Crippen molar-refractivity contribution in [1.82, 2.24) is 68.0 Å². The summed E-state index contributed by atoms with van der Waals surface area (Å²) >= 11 is 2.62. The van der Waals surface area contributed by atoms with Gasteiger partial charge in [0.25, 0.3) is 0 Å². The first-order valence-corrected chi connectivity index (χ1v) is 39.2. The van der Waals surface area contributed by atoms with E-state index in [0.29, 0.717) is 45.7 Å². The summed E-state index contributed by atoms with van der Waals surface area (Å²) in [6, 6.07) is 9.53. The number of pyridine rings is 1. The van der Waals surface area contributed by atoms with E-state index in [2.05, 4.69) is 63.1 Å². The molecule has 35 heteroatoms. The number of benzene rings is 3. The van der Waals surface area contributed by atoms with Gasteiger partial charge in [0, 0.05) is 73.0 Å². The summed E-state index contributed by atoms with van der Waals surface area (Å²) in [5, 5.41) is 47.5. The first-order valence-electron chi connectivity index (χ1n) is 35.3. The molecule has 2 bridgehead atoms. The number of amides is 12. The molecular weight excluding hydrogens is 1460 g/mol. The fraction of sp³-hybridized carbons (Fsp3) is 0.493. The molecule has 1 unspecified atom stereocenters. The van der Waals surface area contributed by atoms with Crippen LogP contribution in [0.2, 0.25) is 0 Å². The van der Waals surface area contributed by atoms with Crippen LogP contribution in [-0.2, 0) is 97.4 Å². The van der Waals surface area contributed by atoms with Crippen molar-refractivity contribution in [2.75, 3.05) is 24.7 Å². The molecular formula is C73H99N14O18PS2. The van der Waals surface area contributed by atoms with E-state index in [1.807, 2.05) is 24.3 Å². The van der Waals surface area contributed by atoms with Crippen LogP contribution in [-0.4, -0.2) is 196 Å². The number of carbonyl (C=O) groups excluding carboxylic acids is 12. The van der Waals surface area contributed by atoms with Gasteiger partial charge in [-0.15, -0.1) is 0 Å². The van der Waals surface area contributed by atoms with E-state index in [9.17, 15) is 77.3 Å². The molecule has 32 nitrogen and oxygen atoms in total. The Morgan fingerprint density at radius 2 is 1.25 bits per heavy atom. The number of primary amides is 1. The van der Waals surface area contributed by atoms with Crippen LogP contribution in [0.5, 0.6) is 11.5 Å². The van der Waals surface area contributed by atoms with E-state index in [4.69, 9.17) is 10.3 Å². The minimum absolute atomic E-state index is 0.0165. The van der Waals surface area contributed by atoms with Crippen molar-refractivity contribution >= 4 is 113 Å². The highest BCUT2D eigenvalue weighted by Gasteiger charge is 2.45. The number of phenolic OH excluding ortho intramolecular Hbond substituents is 2. The summed E-state index contributed by atoms with van der Waals surface area (Å²) in [6.45, 7) is 14.1. The lowest BCUT2D eigenvalue weighted by atomic mass is 9.85. The zero-order valence-electron chi connectivity index (χ0n) is 61.9. The number of nitrogens with zero attached hydrogens (tertiary/aromatic N) is 2. The molecule has 0 saturated carbocycles. The second kappa shape index (κ2) is 38.0. The third kappa shape index (κ3) is 24.5. The number of fused-ring (bicyclic) bond motifs is 4. The molecule has 2 aliphatic heterocycles. The Morgan fingerprint density at radius 1 is 0.676 bits per heavy atom. The van der Waals surface area contributed by atoms with Crippen LogP contribution in [0.3, 0.4) is 0 Å². The Kier molecular flexibility index (Phi) is 30.1. The van der Waals surface area contributed by atoms with Gasteiger partial charge in [-0.25, -0.2) is 9.55 Å². The Balaban J connectivity index is 1.20. The van der Waals surface area contributed by atoms with E-state index in [1.165, 1.54) is 106 Å². The molecule has 5 aromatic rings. The van der Waals surface area contributed by atoms with E-state index >= 15 is 4.79 Å². The SMILES string of the molecule is CCC1NC(=O)[C@@H]2CCCN2C(=O)[C@H](Cc2ccc(O)cc2)NC(=O)[C@H](C(C)(C)C)NC(=O)CCSCc2cccc(c2)CSC[C@@H](C(N)=O)NC(=O)[C@H](COP(=O)(O)O)NC(=O)[C@](C)(C(C)C)NC(=O)[C@H](Cc2ccc(O)cc2)NC(=O)[C@H](C)NC(=O)C(C)(C)NC(=O)[C@H](Cc2c[nH]c3ncccc23)NC1=O. The van der Waals surface area contributed by atoms with Gasteiger partial charge in [-0.05, 0) is 123 Å². The molecule has 1 fully saturated rings. The number of hydrogen-bond donors (Lipinski definition) is 16. The molecule has 1 saturated heterocycles. The van der Waals surface area contributed by atoms with Crippen molar-refractivity contribution in [3.05, 3.63) is 125 Å². The fourth-order valence-corrected chi connectivity index (χ4v) is 14.2. The van der Waals surface area contributed by atoms with E-state index in [-0.39, 0.29) is 68.1 Å². The smallest absolute Gasteiger partial charge is 0.469 e. The van der Waals surface area contributed by atoms with Crippen molar-refractivity contribution in [3.63, 3.8) is 0 Å². The van der Waals surface area contributed by atoms with Gasteiger partial charge in [-0.3, -0.25) is 62.1 Å². The number of aromatic hydroxyl groups is 2. The Labute approximate surface area is 634 Å². The molecule has 3 aromatic carbocycles. The molecule has 12 amide bonds. The summed E-state index contributed by atoms with van der Waals surface area (Å²) in [5.41, 5.74) is 4.53. The lowest BCUT2D eigenvalue weighted by Crippen LogP contribution is -2.66. The van der Waals surface area contributed by atoms with Crippen LogP contribution in [0.15, 0.2) is 97.3 Å². The third-order valence-electron chi connectivity index (χ3n) is 18.6. The summed E-state index contributed by atoms with van der Waals surface area (Å²) < 4.78 is 16.8. The summed E-state index contributed by atoms with van der Waals surface area (Å²) in [4.78, 5) is 201. The summed E-state index contributed by atoms with van der Waals surface area (Å²) in [7, 11) is -5.34. The average Bonchev–Trinajstić information content (AvgIpc) is 1.42. The predicted molar refractivity (Wildman–Crippen MR) is 403 cm³/mol. The monoisotopic (exact) mass is 1550 g/mol. The number of carbonyl (C=O) groups is 12. The van der Waals surface area contributed by atoms with Crippen LogP contribution in [0.25, 0.3) is 11.0 Å². The molecule has 0 aliphatic carbocycles. The Morgan fingerprint density at radius 3 is 1.85 bits per heavy atom. The maximum atomic E-state index is 15.0. The minimum Gasteiger partial charge on any atom is -0.508 e. The number of rotatable bonds is 12. The highest BCUT2D eigenvalue weighted by molar-refractivity contribution is 7.98. The van der Waals surface area contributed by atoms with Crippen molar-refractivity contribution in [1.29, 1.82) is 0 Å². The number of nitrogens with one attached hydrogen (secondary N) is 11. The largest absolute Gasteiger partial charge is 0.508 e. The van der Waals surface area contributed by atoms with Gasteiger partial charge in [0.05, 0.1) is 6.61 Å². The molecule has 10 atom stereocenters. The quantitative estimate of drug-likeness (QED) is 0.0794. The molecule has 108 heavy (non-hydrogen) atoms. The predicted octanol–water partition coefficient (Wildman–Crippen LogP) is 1.94. The first kappa shape index (κ1) is 85.6. The Hall–Kier alpha value is -9.60. The van der Waals surface area contributed by atoms with Crippen LogP contribution < -0.4 is 58.9 Å². The highest BCUT2D eigenvalue weighted by Crippen LogP contribution is 2.36. The lowest BCUT2D eigenvalue weighted by Gasteiger charge is -2.36. The number of thioether (sulfide) groups is 2. The molecule has 7 rings (SSSR count). The second-order valence-corrected chi connectivity index (χ2v) is 32.3. The van der Waals surface area contributed by atoms with Gasteiger partial charge in [0.2, 0.25) is 70.9 Å². The molecule has 586 valence electrons. The number of H-pyrrole nitrogens is 1. The van der Waals surface area contributed by atoms with Crippen molar-refractivity contribution in [2.24, 2.45) is 17.1 Å². The topological polar surface area (TPSA) is 490 Å². The number of phosphoric ester groups is 1. The standard InChI is InChI=1S/C73H99N14O18PS2/c1-11-50-62(93)80-52(34-46-35-76-60-49(46)17-13-28-75-60)64(95)85-72(8,9)69(100)77-41(4)61(92)79-51(32-42-19-23-47(88)24-20-42)65(96)86-73(10,40(2)3)70(101)83-54(36-105-106(102,103)104)63(94)82-55(59(74)91)39-108-38-45-16-12-15-44(31-45)37-107-30-27-57(90)84-58(71(5,6)7)67(98)81-53(33-43-21-25-48(89)26-22-43)68(99)87-29-14-18-56(87)66(97)78-50/h12-13,15-17,19-26,28,31,35,40-41,50-56,58,88-89H,11,14,18,27,29-30,32-34,36-39H2,1-10H3,(H2,74,91)(H,75,76)(H,77,100)(H,78,97)(H,79,92)(H,80,93)(H,81,98)(H,82,94)(H,83,101)(H,84,90)(H,85,95)(H,86,96)(H2,102,103,104)/t41-,50?,51-,52-,53-,54-,55-,56-,58+,73-/m0/s1. The summed E-state index contributed by atoms with van der Waals surface area (Å²) in [6.07, 6.45) is 3.04. The maximum Gasteiger partial charge on any atom is 0.469 e. The van der Waals surface area contributed by atoms with Crippen molar-refractivity contribution in [2.45, 2.75) is 191 Å². The molecule has 4 heterocycles. The summed E-state index contributed by atoms with van der Waals surface area (Å²) in [5.74, 6) is -10.5. The molecule has 17 N–H and O–H groups in total. The minimum atomic E-state index is -5.34. The van der Waals surface area contributed by atoms with Crippen LogP contribution in [0, 0.1) is 11.3 Å². The second-order valence-electron chi connectivity index (χ2n) is 28.9. The number of aromatic nitrogens is 2. The Bertz CT molecular complexity index is 4130. The third-order valence-corrected chi connectivity index (χ3v) is 21.3. The molecule has 2 aliphatic rings. The number of aromatic amines is 1. The van der Waals surface area contributed by atoms with Gasteiger partial charge < -0.3 is 88.8 Å². The maximum absolute atomic E-state index is 15.0. The van der Waals surface area contributed by atoms with Crippen LogP contribution in [0.4, 0.5) is 0 Å². The number of hydrogen-bond acceptors (Lipinski definition) is 19. The zero-order valence-corrected chi connectivity index (χ0v) is 64.5. The zero-order chi connectivity index (χ0) is 79.6. The molecule has 0 spiro atoms. The first-order chi connectivity index (χ1) is 50.7. The van der Waals surface area contributed by atoms with E-state index in [1.54, 1.807) is 64.4 Å². The lowest BCUT2D eigenvalue weighted by molar-refractivity contribution is -0.143. The molecule has 2 aromatic heterocycles. The van der Waals surface area contributed by atoms with E-state index < -0.39 is 162 Å². The number of phosphoric acid groups is 1. The van der Waals surface area contributed by atoms with Crippen molar-refractivity contribution in [3.8, 4) is 11.5 Å². The normalized spacial score (nSPS) is 24.8. The number of phenols is 2. The molecule has 0 radical (unpaired) electrons. The fourth-order valence-electron chi connectivity index (χ4n) is 11.9. The van der Waals surface area contributed by atoms with Gasteiger partial charge in [-0.1, -0.05) is 90.1 Å². The van der Waals surface area contributed by atoms with Crippen molar-refractivity contribution < 1.29 is 86.6 Å². The van der Waals surface area contributed by atoms with Gasteiger partial charge >= 0.3 is 7.82 Å². The van der Waals surface area contributed by atoms with Crippen LogP contribution >= 0.6 is 31.3 Å². The van der Waals surface area contributed by atoms with Gasteiger partial charge in [0.1, 0.15) is 82.6 Å². The van der Waals surface area contributed by atoms with Gasteiger partial charge in [0.15, 0.2) is 0 Å².